The molecule has 11 heteroatoms. The zero-order chi connectivity index (χ0) is 29.4. The highest BCUT2D eigenvalue weighted by molar-refractivity contribution is 9.10. The molecule has 3 aromatic carbocycles. The van der Waals surface area contributed by atoms with E-state index in [-0.39, 0.29) is 24.6 Å². The summed E-state index contributed by atoms with van der Waals surface area (Å²) < 4.78 is 39.1. The van der Waals surface area contributed by atoms with Crippen LogP contribution in [0.3, 0.4) is 0 Å². The average molecular weight is 645 g/mol. The molecule has 0 saturated heterocycles. The lowest BCUT2D eigenvalue weighted by Crippen LogP contribution is -2.53. The van der Waals surface area contributed by atoms with Gasteiger partial charge in [0.15, 0.2) is 11.5 Å². The van der Waals surface area contributed by atoms with Crippen molar-refractivity contribution in [1.82, 2.24) is 10.2 Å². The Hall–Kier alpha value is -3.57. The molecular formula is C30H34BrN3O6S. The fourth-order valence-electron chi connectivity index (χ4n) is 4.55. The van der Waals surface area contributed by atoms with Crippen LogP contribution in [0, 0.1) is 0 Å². The summed E-state index contributed by atoms with van der Waals surface area (Å²) in [6.45, 7) is 2.74. The molecule has 0 aliphatic carbocycles. The van der Waals surface area contributed by atoms with Crippen LogP contribution in [0.2, 0.25) is 0 Å². The van der Waals surface area contributed by atoms with Gasteiger partial charge in [0.1, 0.15) is 25.8 Å². The Morgan fingerprint density at radius 1 is 0.951 bits per heavy atom. The van der Waals surface area contributed by atoms with Crippen molar-refractivity contribution in [2.45, 2.75) is 32.4 Å². The number of amides is 2. The molecule has 218 valence electrons. The lowest BCUT2D eigenvalue weighted by Gasteiger charge is -2.33. The zero-order valence-electron chi connectivity index (χ0n) is 23.1. The average Bonchev–Trinajstić information content (AvgIpc) is 2.96. The molecule has 9 nitrogen and oxygen atoms in total. The minimum Gasteiger partial charge on any atom is -0.486 e. The molecule has 0 radical (unpaired) electrons. The van der Waals surface area contributed by atoms with Crippen molar-refractivity contribution in [3.05, 3.63) is 88.4 Å². The number of nitrogens with one attached hydrogen (secondary N) is 1. The topological polar surface area (TPSA) is 105 Å². The van der Waals surface area contributed by atoms with E-state index in [0.29, 0.717) is 31.3 Å². The second-order valence-electron chi connectivity index (χ2n) is 9.75. The first-order valence-electron chi connectivity index (χ1n) is 13.4. The van der Waals surface area contributed by atoms with Crippen molar-refractivity contribution in [3.63, 3.8) is 0 Å². The van der Waals surface area contributed by atoms with Gasteiger partial charge in [0, 0.05) is 30.0 Å². The van der Waals surface area contributed by atoms with Crippen molar-refractivity contribution in [3.8, 4) is 11.5 Å². The Balaban J connectivity index is 1.72. The summed E-state index contributed by atoms with van der Waals surface area (Å²) in [5, 5.41) is 2.93. The number of ether oxygens (including phenoxy) is 2. The van der Waals surface area contributed by atoms with Gasteiger partial charge in [-0.05, 0) is 41.8 Å². The molecule has 1 aliphatic heterocycles. The van der Waals surface area contributed by atoms with Crippen LogP contribution < -0.4 is 19.1 Å². The smallest absolute Gasteiger partial charge is 0.244 e. The fraction of sp³-hybridized carbons (Fsp3) is 0.333. The van der Waals surface area contributed by atoms with E-state index in [1.54, 1.807) is 18.2 Å². The number of hydrogen-bond acceptors (Lipinski definition) is 6. The van der Waals surface area contributed by atoms with Gasteiger partial charge in [0.2, 0.25) is 21.8 Å². The summed E-state index contributed by atoms with van der Waals surface area (Å²) >= 11 is 3.48. The van der Waals surface area contributed by atoms with Crippen LogP contribution in [0.1, 0.15) is 24.5 Å². The minimum atomic E-state index is -3.89. The summed E-state index contributed by atoms with van der Waals surface area (Å²) in [5.41, 5.74) is 1.94. The second kappa shape index (κ2) is 13.9. The Labute approximate surface area is 249 Å². The zero-order valence-corrected chi connectivity index (χ0v) is 25.5. The SMILES string of the molecule is CCCNC(=O)[C@H](Cc1ccccc1)N(Cc1cccc(Br)c1)C(=O)CN(c1ccc2c(c1)OCCO2)S(C)(=O)=O. The van der Waals surface area contributed by atoms with Crippen molar-refractivity contribution in [2.24, 2.45) is 0 Å². The van der Waals surface area contributed by atoms with E-state index in [2.05, 4.69) is 21.2 Å². The van der Waals surface area contributed by atoms with E-state index >= 15 is 0 Å². The van der Waals surface area contributed by atoms with Crippen LogP contribution in [0.15, 0.2) is 77.3 Å². The molecule has 1 heterocycles. The Morgan fingerprint density at radius 2 is 1.66 bits per heavy atom. The molecule has 2 amide bonds. The number of anilines is 1. The van der Waals surface area contributed by atoms with Gasteiger partial charge in [-0.1, -0.05) is 65.3 Å². The molecule has 0 bridgehead atoms. The largest absolute Gasteiger partial charge is 0.486 e. The molecule has 1 atom stereocenters. The number of carbonyl (C=O) groups is 2. The predicted octanol–water partition coefficient (Wildman–Crippen LogP) is 4.15. The Morgan fingerprint density at radius 3 is 2.34 bits per heavy atom. The number of fused-ring (bicyclic) bond motifs is 1. The predicted molar refractivity (Wildman–Crippen MR) is 162 cm³/mol. The lowest BCUT2D eigenvalue weighted by molar-refractivity contribution is -0.140. The van der Waals surface area contributed by atoms with Crippen LogP contribution >= 0.6 is 15.9 Å². The Bertz CT molecular complexity index is 1470. The van der Waals surface area contributed by atoms with E-state index in [4.69, 9.17) is 9.47 Å². The van der Waals surface area contributed by atoms with Crippen molar-refractivity contribution in [1.29, 1.82) is 0 Å². The van der Waals surface area contributed by atoms with Crippen molar-refractivity contribution < 1.29 is 27.5 Å². The third-order valence-electron chi connectivity index (χ3n) is 6.56. The first-order valence-corrected chi connectivity index (χ1v) is 16.0. The second-order valence-corrected chi connectivity index (χ2v) is 12.6. The molecule has 1 N–H and O–H groups in total. The number of halogens is 1. The quantitative estimate of drug-likeness (QED) is 0.318. The number of benzene rings is 3. The molecule has 0 fully saturated rings. The highest BCUT2D eigenvalue weighted by Gasteiger charge is 2.33. The van der Waals surface area contributed by atoms with E-state index in [9.17, 15) is 18.0 Å². The van der Waals surface area contributed by atoms with Gasteiger partial charge in [-0.3, -0.25) is 13.9 Å². The van der Waals surface area contributed by atoms with Crippen molar-refractivity contribution >= 4 is 43.5 Å². The third-order valence-corrected chi connectivity index (χ3v) is 8.19. The van der Waals surface area contributed by atoms with Crippen LogP contribution in [0.5, 0.6) is 11.5 Å². The molecule has 1 aliphatic rings. The van der Waals surface area contributed by atoms with Gasteiger partial charge >= 0.3 is 0 Å². The molecule has 4 rings (SSSR count). The highest BCUT2D eigenvalue weighted by atomic mass is 79.9. The number of nitrogens with zero attached hydrogens (tertiary/aromatic N) is 2. The van der Waals surface area contributed by atoms with E-state index in [0.717, 1.165) is 32.6 Å². The van der Waals surface area contributed by atoms with Gasteiger partial charge in [0.25, 0.3) is 0 Å². The third kappa shape index (κ3) is 8.23. The maximum Gasteiger partial charge on any atom is 0.244 e. The van der Waals surface area contributed by atoms with E-state index in [1.165, 1.54) is 4.90 Å². The van der Waals surface area contributed by atoms with Crippen LogP contribution in [0.25, 0.3) is 0 Å². The summed E-state index contributed by atoms with van der Waals surface area (Å²) in [5.74, 6) is 0.0930. The maximum absolute atomic E-state index is 14.1. The highest BCUT2D eigenvalue weighted by Crippen LogP contribution is 2.35. The molecule has 41 heavy (non-hydrogen) atoms. The summed E-state index contributed by atoms with van der Waals surface area (Å²) in [4.78, 5) is 29.1. The molecule has 0 aromatic heterocycles. The molecule has 0 spiro atoms. The summed E-state index contributed by atoms with van der Waals surface area (Å²) in [7, 11) is -3.89. The maximum atomic E-state index is 14.1. The van der Waals surface area contributed by atoms with Gasteiger partial charge in [-0.2, -0.15) is 0 Å². The van der Waals surface area contributed by atoms with E-state index < -0.39 is 28.5 Å². The van der Waals surface area contributed by atoms with Gasteiger partial charge in [0.05, 0.1) is 11.9 Å². The molecule has 0 saturated carbocycles. The number of carbonyl (C=O) groups excluding carboxylic acids is 2. The van der Waals surface area contributed by atoms with Gasteiger partial charge < -0.3 is 19.7 Å². The number of sulfonamides is 1. The first kappa shape index (κ1) is 30.4. The fourth-order valence-corrected chi connectivity index (χ4v) is 5.84. The molecule has 0 unspecified atom stereocenters. The van der Waals surface area contributed by atoms with Crippen LogP contribution in [0.4, 0.5) is 5.69 Å². The van der Waals surface area contributed by atoms with Crippen molar-refractivity contribution in [2.75, 3.05) is 36.9 Å². The Kier molecular flexibility index (Phi) is 10.3. The minimum absolute atomic E-state index is 0.105. The van der Waals surface area contributed by atoms with E-state index in [1.807, 2.05) is 61.5 Å². The summed E-state index contributed by atoms with van der Waals surface area (Å²) in [6.07, 6.45) is 2.04. The van der Waals surface area contributed by atoms with Crippen LogP contribution in [-0.2, 0) is 32.6 Å². The lowest BCUT2D eigenvalue weighted by atomic mass is 10.0. The number of hydrogen-bond donors (Lipinski definition) is 1. The number of rotatable bonds is 12. The van der Waals surface area contributed by atoms with Gasteiger partial charge in [-0.15, -0.1) is 0 Å². The monoisotopic (exact) mass is 643 g/mol. The van der Waals surface area contributed by atoms with Crippen LogP contribution in [-0.4, -0.2) is 63.7 Å². The normalized spacial score (nSPS) is 13.2. The first-order chi connectivity index (χ1) is 19.7. The van der Waals surface area contributed by atoms with Gasteiger partial charge in [-0.25, -0.2) is 8.42 Å². The standard InChI is InChI=1S/C30H34BrN3O6S/c1-3-14-32-30(36)26(18-22-8-5-4-6-9-22)33(20-23-10-7-11-24(31)17-23)29(35)21-34(41(2,37)38)25-12-13-27-28(19-25)40-16-15-39-27/h4-13,17,19,26H,3,14-16,18,20-21H2,1-2H3,(H,32,36)/t26-/m0/s1. The molecule has 3 aromatic rings. The molecular weight excluding hydrogens is 610 g/mol. The summed E-state index contributed by atoms with van der Waals surface area (Å²) in [6, 6.07) is 20.8.